The molecule has 0 saturated heterocycles. The molecule has 2 aromatic rings. The van der Waals surface area contributed by atoms with Crippen LogP contribution in [0.1, 0.15) is 18.2 Å². The molecule has 7 nitrogen and oxygen atoms in total. The number of rotatable bonds is 3. The van der Waals surface area contributed by atoms with Gasteiger partial charge in [0.15, 0.2) is 0 Å². The summed E-state index contributed by atoms with van der Waals surface area (Å²) in [6.07, 6.45) is 1.30. The minimum atomic E-state index is -4.03. The number of pyridine rings is 1. The molecular weight excluding hydrogens is 322 g/mol. The van der Waals surface area contributed by atoms with E-state index in [0.717, 1.165) is 5.56 Å². The Kier molecular flexibility index (Phi) is 6.67. The van der Waals surface area contributed by atoms with Crippen LogP contribution < -0.4 is 0 Å². The standard InChI is InChI=1S/C8H9NO3.C7H8O3S/c1-6(10)12-5-7-2-3-8(11)4-9-7;1-6-3-2-4-7(5-6)11(8,9)10/h2-4,11H,5H2,1H3;2-5H,1H3,(H,8,9,10). The molecule has 1 aromatic heterocycles. The molecule has 2 N–H and O–H groups in total. The fourth-order valence-electron chi connectivity index (χ4n) is 1.45. The second-order valence-corrected chi connectivity index (χ2v) is 6.00. The molecule has 0 radical (unpaired) electrons. The van der Waals surface area contributed by atoms with Gasteiger partial charge < -0.3 is 9.84 Å². The van der Waals surface area contributed by atoms with E-state index in [1.54, 1.807) is 25.1 Å². The predicted octanol–water partition coefficient (Wildman–Crippen LogP) is 2.09. The number of hydrogen-bond donors (Lipinski definition) is 2. The minimum absolute atomic E-state index is 0.0579. The maximum Gasteiger partial charge on any atom is 0.303 e. The smallest absolute Gasteiger partial charge is 0.303 e. The Morgan fingerprint density at radius 3 is 2.39 bits per heavy atom. The zero-order valence-electron chi connectivity index (χ0n) is 12.6. The molecule has 0 saturated carbocycles. The van der Waals surface area contributed by atoms with Gasteiger partial charge in [-0.15, -0.1) is 0 Å². The Labute approximate surface area is 134 Å². The minimum Gasteiger partial charge on any atom is -0.506 e. The van der Waals surface area contributed by atoms with Crippen LogP contribution >= 0.6 is 0 Å². The van der Waals surface area contributed by atoms with Crippen LogP contribution in [-0.2, 0) is 26.3 Å². The molecule has 0 aliphatic heterocycles. The van der Waals surface area contributed by atoms with Crippen molar-refractivity contribution in [2.45, 2.75) is 25.3 Å². The summed E-state index contributed by atoms with van der Waals surface area (Å²) in [5.74, 6) is -0.244. The Hall–Kier alpha value is -2.45. The van der Waals surface area contributed by atoms with E-state index in [2.05, 4.69) is 9.72 Å². The Bertz CT molecular complexity index is 756. The second-order valence-electron chi connectivity index (χ2n) is 4.58. The van der Waals surface area contributed by atoms with Crippen LogP contribution in [0.15, 0.2) is 47.5 Å². The van der Waals surface area contributed by atoms with Gasteiger partial charge in [-0.05, 0) is 36.8 Å². The lowest BCUT2D eigenvalue weighted by Crippen LogP contribution is -1.99. The van der Waals surface area contributed by atoms with E-state index < -0.39 is 10.1 Å². The summed E-state index contributed by atoms with van der Waals surface area (Å²) >= 11 is 0. The fourth-order valence-corrected chi connectivity index (χ4v) is 2.04. The quantitative estimate of drug-likeness (QED) is 0.650. The third-order valence-corrected chi connectivity index (χ3v) is 3.37. The molecular formula is C15H17NO6S. The van der Waals surface area contributed by atoms with Crippen LogP contribution in [0.4, 0.5) is 0 Å². The van der Waals surface area contributed by atoms with Crippen molar-refractivity contribution >= 4 is 16.1 Å². The van der Waals surface area contributed by atoms with Crippen molar-refractivity contribution in [2.24, 2.45) is 0 Å². The Morgan fingerprint density at radius 2 is 1.96 bits per heavy atom. The summed E-state index contributed by atoms with van der Waals surface area (Å²) in [7, 11) is -4.03. The lowest BCUT2D eigenvalue weighted by molar-refractivity contribution is -0.142. The first-order chi connectivity index (χ1) is 10.7. The maximum atomic E-state index is 10.5. The Balaban J connectivity index is 0.000000231. The van der Waals surface area contributed by atoms with E-state index in [9.17, 15) is 13.2 Å². The third kappa shape index (κ3) is 7.39. The number of aromatic nitrogens is 1. The monoisotopic (exact) mass is 339 g/mol. The number of aromatic hydroxyl groups is 1. The number of benzene rings is 1. The van der Waals surface area contributed by atoms with Crippen molar-refractivity contribution in [1.82, 2.24) is 4.98 Å². The highest BCUT2D eigenvalue weighted by atomic mass is 32.2. The number of carbonyl (C=O) groups excluding carboxylic acids is 1. The molecule has 2 rings (SSSR count). The highest BCUT2D eigenvalue weighted by Gasteiger charge is 2.07. The zero-order valence-corrected chi connectivity index (χ0v) is 13.4. The van der Waals surface area contributed by atoms with Crippen molar-refractivity contribution < 1.29 is 27.6 Å². The van der Waals surface area contributed by atoms with Crippen LogP contribution in [0.2, 0.25) is 0 Å². The fraction of sp³-hybridized carbons (Fsp3) is 0.200. The summed E-state index contributed by atoms with van der Waals surface area (Å²) in [5, 5.41) is 8.86. The molecule has 0 fully saturated rings. The number of esters is 1. The van der Waals surface area contributed by atoms with Crippen molar-refractivity contribution in [3.63, 3.8) is 0 Å². The topological polar surface area (TPSA) is 114 Å². The van der Waals surface area contributed by atoms with Gasteiger partial charge in [0.05, 0.1) is 16.8 Å². The SMILES string of the molecule is CC(=O)OCc1ccc(O)cn1.Cc1cccc(S(=O)(=O)O)c1. The van der Waals surface area contributed by atoms with E-state index in [-0.39, 0.29) is 23.2 Å². The normalized spacial score (nSPS) is 10.4. The van der Waals surface area contributed by atoms with Crippen LogP contribution in [0.25, 0.3) is 0 Å². The first-order valence-corrected chi connectivity index (χ1v) is 7.94. The van der Waals surface area contributed by atoms with E-state index >= 15 is 0 Å². The highest BCUT2D eigenvalue weighted by Crippen LogP contribution is 2.09. The molecule has 0 unspecified atom stereocenters. The first-order valence-electron chi connectivity index (χ1n) is 6.50. The van der Waals surface area contributed by atoms with Gasteiger partial charge in [-0.2, -0.15) is 8.42 Å². The van der Waals surface area contributed by atoms with Crippen molar-refractivity contribution in [3.05, 3.63) is 53.9 Å². The average Bonchev–Trinajstić information content (AvgIpc) is 2.46. The summed E-state index contributed by atoms with van der Waals surface area (Å²) in [5.41, 5.74) is 1.42. The molecule has 0 bridgehead atoms. The lowest BCUT2D eigenvalue weighted by atomic mass is 10.2. The van der Waals surface area contributed by atoms with E-state index in [1.807, 2.05) is 0 Å². The number of aryl methyl sites for hydroxylation is 1. The van der Waals surface area contributed by atoms with Gasteiger partial charge in [0.2, 0.25) is 0 Å². The summed E-state index contributed by atoms with van der Waals surface area (Å²) in [4.78, 5) is 14.1. The summed E-state index contributed by atoms with van der Waals surface area (Å²) < 4.78 is 34.4. The molecule has 23 heavy (non-hydrogen) atoms. The predicted molar refractivity (Wildman–Crippen MR) is 82.4 cm³/mol. The van der Waals surface area contributed by atoms with Gasteiger partial charge in [-0.3, -0.25) is 14.3 Å². The van der Waals surface area contributed by atoms with Crippen LogP contribution in [0, 0.1) is 6.92 Å². The van der Waals surface area contributed by atoms with Gasteiger partial charge in [0.25, 0.3) is 10.1 Å². The molecule has 0 spiro atoms. The van der Waals surface area contributed by atoms with Gasteiger partial charge in [0, 0.05) is 6.92 Å². The summed E-state index contributed by atoms with van der Waals surface area (Å²) in [6.45, 7) is 3.24. The van der Waals surface area contributed by atoms with Crippen molar-refractivity contribution in [1.29, 1.82) is 0 Å². The van der Waals surface area contributed by atoms with Gasteiger partial charge >= 0.3 is 5.97 Å². The number of carbonyl (C=O) groups is 1. The lowest BCUT2D eigenvalue weighted by Gasteiger charge is -2.00. The summed E-state index contributed by atoms with van der Waals surface area (Å²) in [6, 6.07) is 9.19. The first kappa shape index (κ1) is 18.6. The maximum absolute atomic E-state index is 10.5. The third-order valence-electron chi connectivity index (χ3n) is 2.52. The van der Waals surface area contributed by atoms with Crippen LogP contribution in [0.5, 0.6) is 5.75 Å². The zero-order chi connectivity index (χ0) is 17.5. The molecule has 0 amide bonds. The van der Waals surface area contributed by atoms with Crippen molar-refractivity contribution in [2.75, 3.05) is 0 Å². The Morgan fingerprint density at radius 1 is 1.26 bits per heavy atom. The van der Waals surface area contributed by atoms with Crippen LogP contribution in [-0.4, -0.2) is 29.0 Å². The molecule has 0 aliphatic carbocycles. The number of nitrogens with zero attached hydrogens (tertiary/aromatic N) is 1. The van der Waals surface area contributed by atoms with E-state index in [4.69, 9.17) is 9.66 Å². The second kappa shape index (κ2) is 8.25. The van der Waals surface area contributed by atoms with E-state index in [0.29, 0.717) is 5.69 Å². The molecule has 0 aliphatic rings. The largest absolute Gasteiger partial charge is 0.506 e. The van der Waals surface area contributed by atoms with Gasteiger partial charge in [-0.1, -0.05) is 12.1 Å². The van der Waals surface area contributed by atoms with Crippen molar-refractivity contribution in [3.8, 4) is 5.75 Å². The number of hydrogen-bond acceptors (Lipinski definition) is 6. The highest BCUT2D eigenvalue weighted by molar-refractivity contribution is 7.85. The van der Waals surface area contributed by atoms with Gasteiger partial charge in [0.1, 0.15) is 12.4 Å². The van der Waals surface area contributed by atoms with Crippen LogP contribution in [0.3, 0.4) is 0 Å². The molecule has 1 heterocycles. The molecule has 124 valence electrons. The average molecular weight is 339 g/mol. The molecule has 8 heteroatoms. The van der Waals surface area contributed by atoms with Gasteiger partial charge in [-0.25, -0.2) is 0 Å². The molecule has 1 aromatic carbocycles. The van der Waals surface area contributed by atoms with E-state index in [1.165, 1.54) is 31.3 Å². The number of ether oxygens (including phenoxy) is 1. The molecule has 0 atom stereocenters.